The van der Waals surface area contributed by atoms with Gasteiger partial charge in [0.25, 0.3) is 0 Å². The van der Waals surface area contributed by atoms with Gasteiger partial charge in [-0.2, -0.15) is 4.98 Å². The van der Waals surface area contributed by atoms with Crippen LogP contribution in [-0.2, 0) is 4.74 Å². The number of halogens is 2. The van der Waals surface area contributed by atoms with E-state index in [1.807, 2.05) is 6.92 Å². The van der Waals surface area contributed by atoms with E-state index < -0.39 is 11.6 Å². The maximum atomic E-state index is 13.5. The van der Waals surface area contributed by atoms with Crippen LogP contribution in [0.5, 0.6) is 0 Å². The Kier molecular flexibility index (Phi) is 5.76. The molecule has 3 heterocycles. The van der Waals surface area contributed by atoms with Gasteiger partial charge in [-0.05, 0) is 50.6 Å². The average molecular weight is 455 g/mol. The molecule has 9 heteroatoms. The number of ether oxygens (including phenoxy) is 1. The van der Waals surface area contributed by atoms with Crippen molar-refractivity contribution >= 4 is 17.3 Å². The zero-order valence-electron chi connectivity index (χ0n) is 19.0. The van der Waals surface area contributed by atoms with Crippen LogP contribution in [0.4, 0.5) is 26.1 Å². The minimum atomic E-state index is -0.660. The molecule has 2 unspecified atom stereocenters. The van der Waals surface area contributed by atoms with Gasteiger partial charge in [0.15, 0.2) is 0 Å². The first-order valence-electron chi connectivity index (χ1n) is 11.2. The number of nitrogens with zero attached hydrogens (tertiary/aromatic N) is 5. The summed E-state index contributed by atoms with van der Waals surface area (Å²) in [7, 11) is 0. The van der Waals surface area contributed by atoms with Crippen molar-refractivity contribution in [1.82, 2.24) is 19.7 Å². The van der Waals surface area contributed by atoms with Gasteiger partial charge in [0.1, 0.15) is 18.0 Å². The number of anilines is 3. The van der Waals surface area contributed by atoms with Crippen LogP contribution in [0, 0.1) is 18.6 Å². The van der Waals surface area contributed by atoms with Crippen LogP contribution < -0.4 is 10.2 Å². The highest BCUT2D eigenvalue weighted by Crippen LogP contribution is 2.30. The van der Waals surface area contributed by atoms with Crippen molar-refractivity contribution in [3.63, 3.8) is 0 Å². The van der Waals surface area contributed by atoms with Crippen molar-refractivity contribution in [1.29, 1.82) is 0 Å². The van der Waals surface area contributed by atoms with Gasteiger partial charge < -0.3 is 15.0 Å². The minimum Gasteiger partial charge on any atom is -0.373 e. The summed E-state index contributed by atoms with van der Waals surface area (Å²) in [6.07, 6.45) is 1.98. The van der Waals surface area contributed by atoms with Crippen molar-refractivity contribution in [3.05, 3.63) is 59.9 Å². The van der Waals surface area contributed by atoms with Crippen LogP contribution in [0.15, 0.2) is 42.7 Å². The van der Waals surface area contributed by atoms with Crippen LogP contribution in [0.2, 0.25) is 0 Å². The maximum absolute atomic E-state index is 13.5. The SMILES string of the molecule is Cc1ccc(N2CC(N3CC(C)OC(C)C3)C2)cc1Nc1ncn(-c2cc(F)cc(F)c2)n1. The van der Waals surface area contributed by atoms with Crippen LogP contribution in [0.3, 0.4) is 0 Å². The summed E-state index contributed by atoms with van der Waals surface area (Å²) in [5, 5.41) is 7.56. The molecule has 0 saturated carbocycles. The Labute approximate surface area is 192 Å². The van der Waals surface area contributed by atoms with Crippen molar-refractivity contribution in [2.24, 2.45) is 0 Å². The lowest BCUT2D eigenvalue weighted by Gasteiger charge is -2.49. The molecule has 2 aliphatic rings. The van der Waals surface area contributed by atoms with Gasteiger partial charge in [-0.1, -0.05) is 6.07 Å². The number of nitrogens with one attached hydrogen (secondary N) is 1. The summed E-state index contributed by atoms with van der Waals surface area (Å²) in [5.74, 6) is -0.961. The Balaban J connectivity index is 1.26. The molecule has 0 aliphatic carbocycles. The van der Waals surface area contributed by atoms with Crippen LogP contribution >= 0.6 is 0 Å². The van der Waals surface area contributed by atoms with Gasteiger partial charge in [0.2, 0.25) is 5.95 Å². The van der Waals surface area contributed by atoms with E-state index in [0.29, 0.717) is 12.0 Å². The standard InChI is InChI=1S/C24H28F2N6O/c1-15-4-5-20(31-12-22(13-31)30-10-16(2)33-17(3)11-30)9-23(15)28-24-27-14-32(29-24)21-7-18(25)6-19(26)8-21/h4-9,14,16-17,22H,10-13H2,1-3H3,(H,28,29). The second kappa shape index (κ2) is 8.72. The van der Waals surface area contributed by atoms with E-state index in [4.69, 9.17) is 4.74 Å². The summed E-state index contributed by atoms with van der Waals surface area (Å²) in [6, 6.07) is 10.1. The molecule has 2 aromatic carbocycles. The van der Waals surface area contributed by atoms with Crippen molar-refractivity contribution in [3.8, 4) is 5.69 Å². The summed E-state index contributed by atoms with van der Waals surface area (Å²) in [6.45, 7) is 10.2. The van der Waals surface area contributed by atoms with Gasteiger partial charge in [-0.15, -0.1) is 5.10 Å². The van der Waals surface area contributed by atoms with Crippen molar-refractivity contribution < 1.29 is 13.5 Å². The fourth-order valence-corrected chi connectivity index (χ4v) is 4.59. The third kappa shape index (κ3) is 4.69. The van der Waals surface area contributed by atoms with Gasteiger partial charge in [-0.3, -0.25) is 4.90 Å². The highest BCUT2D eigenvalue weighted by molar-refractivity contribution is 5.66. The second-order valence-corrected chi connectivity index (χ2v) is 9.03. The zero-order valence-corrected chi connectivity index (χ0v) is 19.0. The molecular formula is C24H28F2N6O. The molecule has 2 saturated heterocycles. The average Bonchev–Trinajstić information content (AvgIpc) is 3.16. The molecule has 0 amide bonds. The van der Waals surface area contributed by atoms with E-state index in [1.165, 1.54) is 23.1 Å². The molecule has 2 fully saturated rings. The molecule has 2 atom stereocenters. The van der Waals surface area contributed by atoms with Gasteiger partial charge in [-0.25, -0.2) is 13.5 Å². The smallest absolute Gasteiger partial charge is 0.246 e. The number of benzene rings is 2. The number of aromatic nitrogens is 3. The predicted molar refractivity (Wildman–Crippen MR) is 123 cm³/mol. The maximum Gasteiger partial charge on any atom is 0.246 e. The molecule has 2 aliphatic heterocycles. The Morgan fingerprint density at radius 3 is 2.33 bits per heavy atom. The van der Waals surface area contributed by atoms with Crippen molar-refractivity contribution in [2.75, 3.05) is 36.4 Å². The lowest BCUT2D eigenvalue weighted by atomic mass is 10.0. The number of aryl methyl sites for hydroxylation is 1. The lowest BCUT2D eigenvalue weighted by Crippen LogP contribution is -2.63. The monoisotopic (exact) mass is 454 g/mol. The lowest BCUT2D eigenvalue weighted by molar-refractivity contribution is -0.0831. The Morgan fingerprint density at radius 2 is 1.64 bits per heavy atom. The summed E-state index contributed by atoms with van der Waals surface area (Å²) in [4.78, 5) is 9.15. The molecule has 0 spiro atoms. The highest BCUT2D eigenvalue weighted by atomic mass is 19.1. The Bertz CT molecular complexity index is 1120. The summed E-state index contributed by atoms with van der Waals surface area (Å²) >= 11 is 0. The van der Waals surface area contributed by atoms with Crippen molar-refractivity contribution in [2.45, 2.75) is 39.0 Å². The highest BCUT2D eigenvalue weighted by Gasteiger charge is 2.35. The minimum absolute atomic E-state index is 0.272. The van der Waals surface area contributed by atoms with E-state index in [1.54, 1.807) is 0 Å². The molecule has 0 radical (unpaired) electrons. The van der Waals surface area contributed by atoms with E-state index >= 15 is 0 Å². The molecule has 1 aromatic heterocycles. The van der Waals surface area contributed by atoms with Crippen LogP contribution in [-0.4, -0.2) is 64.1 Å². The molecular weight excluding hydrogens is 426 g/mol. The summed E-state index contributed by atoms with van der Waals surface area (Å²) in [5.41, 5.74) is 3.37. The quantitative estimate of drug-likeness (QED) is 0.631. The molecule has 5 rings (SSSR count). The van der Waals surface area contributed by atoms with E-state index in [-0.39, 0.29) is 17.9 Å². The van der Waals surface area contributed by atoms with Crippen LogP contribution in [0.1, 0.15) is 19.4 Å². The molecule has 7 nitrogen and oxygen atoms in total. The topological polar surface area (TPSA) is 58.5 Å². The fraction of sp³-hybridized carbons (Fsp3) is 0.417. The molecule has 3 aromatic rings. The largest absolute Gasteiger partial charge is 0.373 e. The zero-order chi connectivity index (χ0) is 23.1. The fourth-order valence-electron chi connectivity index (χ4n) is 4.59. The Hall–Kier alpha value is -3.04. The number of hydrogen-bond acceptors (Lipinski definition) is 6. The van der Waals surface area contributed by atoms with Crippen LogP contribution in [0.25, 0.3) is 5.69 Å². The van der Waals surface area contributed by atoms with E-state index in [2.05, 4.69) is 57.2 Å². The molecule has 174 valence electrons. The summed E-state index contributed by atoms with van der Waals surface area (Å²) < 4.78 is 34.3. The first-order valence-corrected chi connectivity index (χ1v) is 11.2. The van der Waals surface area contributed by atoms with E-state index in [9.17, 15) is 8.78 Å². The predicted octanol–water partition coefficient (Wildman–Crippen LogP) is 3.90. The first kappa shape index (κ1) is 21.8. The molecule has 33 heavy (non-hydrogen) atoms. The van der Waals surface area contributed by atoms with E-state index in [0.717, 1.165) is 49.2 Å². The third-order valence-corrected chi connectivity index (χ3v) is 6.26. The number of hydrogen-bond donors (Lipinski definition) is 1. The first-order chi connectivity index (χ1) is 15.8. The van der Waals surface area contributed by atoms with Gasteiger partial charge in [0.05, 0.1) is 17.9 Å². The molecule has 1 N–H and O–H groups in total. The third-order valence-electron chi connectivity index (χ3n) is 6.26. The normalized spacial score (nSPS) is 21.8. The Morgan fingerprint density at radius 1 is 0.939 bits per heavy atom. The van der Waals surface area contributed by atoms with Gasteiger partial charge in [0, 0.05) is 49.7 Å². The number of rotatable bonds is 5. The molecule has 0 bridgehead atoms. The van der Waals surface area contributed by atoms with Gasteiger partial charge >= 0.3 is 0 Å². The number of morpholine rings is 1. The second-order valence-electron chi connectivity index (χ2n) is 9.03.